The number of benzene rings is 1. The Labute approximate surface area is 202 Å². The number of nitrogens with zero attached hydrogens (tertiary/aromatic N) is 4. The van der Waals surface area contributed by atoms with Crippen LogP contribution in [0.2, 0.25) is 0 Å². The van der Waals surface area contributed by atoms with E-state index in [4.69, 9.17) is 10.3 Å². The van der Waals surface area contributed by atoms with Crippen molar-refractivity contribution in [2.75, 3.05) is 5.32 Å². The van der Waals surface area contributed by atoms with Crippen LogP contribution in [-0.2, 0) is 11.2 Å². The summed E-state index contributed by atoms with van der Waals surface area (Å²) >= 11 is 0. The number of aliphatic carboxylic acids is 1. The molecule has 4 aromatic rings. The molecular weight excluding hydrogens is 448 g/mol. The number of nitrogens with two attached hydrogens (primary N) is 1. The number of carboxylic acids is 1. The molecule has 1 amide bonds. The minimum atomic E-state index is -1.05. The fourth-order valence-corrected chi connectivity index (χ4v) is 3.73. The summed E-state index contributed by atoms with van der Waals surface area (Å²) in [6, 6.07) is 8.34. The molecule has 182 valence electrons. The molecule has 0 saturated heterocycles. The lowest BCUT2D eigenvalue weighted by molar-refractivity contribution is -0.141. The van der Waals surface area contributed by atoms with Crippen LogP contribution < -0.4 is 11.1 Å². The van der Waals surface area contributed by atoms with Crippen molar-refractivity contribution in [1.29, 1.82) is 0 Å². The van der Waals surface area contributed by atoms with E-state index in [0.717, 1.165) is 11.1 Å². The molecule has 10 heteroatoms. The van der Waals surface area contributed by atoms with E-state index in [0.29, 0.717) is 47.1 Å². The van der Waals surface area contributed by atoms with Gasteiger partial charge in [-0.15, -0.1) is 0 Å². The fourth-order valence-electron chi connectivity index (χ4n) is 3.73. The van der Waals surface area contributed by atoms with E-state index in [9.17, 15) is 14.7 Å². The maximum Gasteiger partial charge on any atom is 0.321 e. The number of pyridine rings is 1. The topological polar surface area (TPSA) is 149 Å². The number of hydrogen-bond acceptors (Lipinski definition) is 7. The van der Waals surface area contributed by atoms with Gasteiger partial charge < -0.3 is 20.7 Å². The van der Waals surface area contributed by atoms with Crippen molar-refractivity contribution in [3.05, 3.63) is 65.4 Å². The molecule has 35 heavy (non-hydrogen) atoms. The van der Waals surface area contributed by atoms with E-state index in [1.165, 1.54) is 0 Å². The molecule has 1 unspecified atom stereocenters. The number of hydrogen-bond donors (Lipinski definition) is 3. The van der Waals surface area contributed by atoms with Crippen LogP contribution in [0.3, 0.4) is 0 Å². The van der Waals surface area contributed by atoms with Gasteiger partial charge in [-0.2, -0.15) is 4.98 Å². The largest absolute Gasteiger partial charge is 0.480 e. The Morgan fingerprint density at radius 2 is 2.00 bits per heavy atom. The SMILES string of the molecule is Cc1ccn2c(C(=O)Nc3cc(-c4noc(CCC(C)(C)C(N)C(=O)O)n4)ccc3C)cnc2c1. The second kappa shape index (κ2) is 9.30. The minimum absolute atomic E-state index is 0.285. The Bertz CT molecular complexity index is 1400. The van der Waals surface area contributed by atoms with Crippen molar-refractivity contribution >= 4 is 23.2 Å². The van der Waals surface area contributed by atoms with Gasteiger partial charge in [0.2, 0.25) is 11.7 Å². The number of fused-ring (bicyclic) bond motifs is 1. The van der Waals surface area contributed by atoms with E-state index in [1.54, 1.807) is 30.5 Å². The summed E-state index contributed by atoms with van der Waals surface area (Å²) in [6.45, 7) is 7.46. The summed E-state index contributed by atoms with van der Waals surface area (Å²) in [5.41, 5.74) is 9.51. The molecule has 0 saturated carbocycles. The second-order valence-electron chi connectivity index (χ2n) is 9.38. The van der Waals surface area contributed by atoms with Gasteiger partial charge in [0, 0.05) is 23.9 Å². The van der Waals surface area contributed by atoms with Crippen molar-refractivity contribution < 1.29 is 19.2 Å². The van der Waals surface area contributed by atoms with Crippen LogP contribution >= 0.6 is 0 Å². The number of imidazole rings is 1. The first-order valence-electron chi connectivity index (χ1n) is 11.2. The van der Waals surface area contributed by atoms with E-state index in [2.05, 4.69) is 20.4 Å². The van der Waals surface area contributed by atoms with Crippen LogP contribution in [0.5, 0.6) is 0 Å². The van der Waals surface area contributed by atoms with Crippen LogP contribution in [0.15, 0.2) is 47.2 Å². The molecular formula is C25H28N6O4. The first kappa shape index (κ1) is 24.1. The first-order valence-corrected chi connectivity index (χ1v) is 11.2. The van der Waals surface area contributed by atoms with E-state index < -0.39 is 17.4 Å². The molecule has 3 aromatic heterocycles. The third-order valence-corrected chi connectivity index (χ3v) is 6.20. The Kier molecular flexibility index (Phi) is 6.40. The van der Waals surface area contributed by atoms with Gasteiger partial charge in [-0.1, -0.05) is 31.1 Å². The molecule has 0 aliphatic rings. The van der Waals surface area contributed by atoms with Crippen molar-refractivity contribution in [1.82, 2.24) is 19.5 Å². The molecule has 0 spiro atoms. The third kappa shape index (κ3) is 5.07. The molecule has 0 aliphatic heterocycles. The number of amides is 1. The summed E-state index contributed by atoms with van der Waals surface area (Å²) in [7, 11) is 0. The van der Waals surface area contributed by atoms with Crippen molar-refractivity contribution in [2.24, 2.45) is 11.1 Å². The monoisotopic (exact) mass is 476 g/mol. The highest BCUT2D eigenvalue weighted by molar-refractivity contribution is 6.04. The Balaban J connectivity index is 1.50. The van der Waals surface area contributed by atoms with Gasteiger partial charge in [0.15, 0.2) is 0 Å². The fraction of sp³-hybridized carbons (Fsp3) is 0.320. The molecule has 0 bridgehead atoms. The number of carbonyl (C=O) groups excluding carboxylic acids is 1. The van der Waals surface area contributed by atoms with Gasteiger partial charge in [0.25, 0.3) is 5.91 Å². The highest BCUT2D eigenvalue weighted by Crippen LogP contribution is 2.28. The summed E-state index contributed by atoms with van der Waals surface area (Å²) in [5.74, 6) is -0.569. The van der Waals surface area contributed by atoms with Crippen molar-refractivity contribution in [2.45, 2.75) is 46.6 Å². The zero-order chi connectivity index (χ0) is 25.3. The van der Waals surface area contributed by atoms with Gasteiger partial charge in [-0.3, -0.25) is 14.0 Å². The lowest BCUT2D eigenvalue weighted by atomic mass is 9.80. The zero-order valence-corrected chi connectivity index (χ0v) is 20.1. The quantitative estimate of drug-likeness (QED) is 0.349. The molecule has 0 radical (unpaired) electrons. The average Bonchev–Trinajstić information content (AvgIpc) is 3.45. The summed E-state index contributed by atoms with van der Waals surface area (Å²) in [5, 5.41) is 16.2. The molecule has 1 aromatic carbocycles. The Hall–Kier alpha value is -4.05. The third-order valence-electron chi connectivity index (χ3n) is 6.20. The lowest BCUT2D eigenvalue weighted by Crippen LogP contribution is -2.44. The Morgan fingerprint density at radius 3 is 2.74 bits per heavy atom. The number of aromatic nitrogens is 4. The van der Waals surface area contributed by atoms with Crippen molar-refractivity contribution in [3.63, 3.8) is 0 Å². The normalized spacial score (nSPS) is 12.6. The van der Waals surface area contributed by atoms with Gasteiger partial charge in [0.05, 0.1) is 6.20 Å². The number of rotatable bonds is 8. The Morgan fingerprint density at radius 1 is 1.23 bits per heavy atom. The van der Waals surface area contributed by atoms with Crippen LogP contribution in [0.1, 0.15) is 47.8 Å². The summed E-state index contributed by atoms with van der Waals surface area (Å²) in [4.78, 5) is 33.0. The molecule has 0 fully saturated rings. The molecule has 4 N–H and O–H groups in total. The highest BCUT2D eigenvalue weighted by Gasteiger charge is 2.32. The minimum Gasteiger partial charge on any atom is -0.480 e. The molecule has 3 heterocycles. The maximum atomic E-state index is 13.0. The lowest BCUT2D eigenvalue weighted by Gasteiger charge is -2.27. The van der Waals surface area contributed by atoms with Gasteiger partial charge in [-0.25, -0.2) is 4.98 Å². The number of carboxylic acid groups (broad SMARTS) is 1. The van der Waals surface area contributed by atoms with Crippen LogP contribution in [0.25, 0.3) is 17.0 Å². The standard InChI is InChI=1S/C25H28N6O4/c1-14-8-10-31-18(13-27-19(31)11-14)23(32)28-17-12-16(6-5-15(17)2)22-29-20(35-30-22)7-9-25(3,4)21(26)24(33)34/h5-6,8,10-13,21H,7,9,26H2,1-4H3,(H,28,32)(H,33,34). The molecule has 10 nitrogen and oxygen atoms in total. The zero-order valence-electron chi connectivity index (χ0n) is 20.1. The van der Waals surface area contributed by atoms with Gasteiger partial charge >= 0.3 is 5.97 Å². The molecule has 4 rings (SSSR count). The number of aryl methyl sites for hydroxylation is 3. The van der Waals surface area contributed by atoms with E-state index in [-0.39, 0.29) is 5.91 Å². The van der Waals surface area contributed by atoms with E-state index in [1.807, 2.05) is 44.3 Å². The predicted octanol–water partition coefficient (Wildman–Crippen LogP) is 3.62. The molecule has 0 aliphatic carbocycles. The van der Waals surface area contributed by atoms with Crippen molar-refractivity contribution in [3.8, 4) is 11.4 Å². The van der Waals surface area contributed by atoms with Crippen LogP contribution in [0.4, 0.5) is 5.69 Å². The highest BCUT2D eigenvalue weighted by atomic mass is 16.5. The van der Waals surface area contributed by atoms with Crippen LogP contribution in [0, 0.1) is 19.3 Å². The first-order chi connectivity index (χ1) is 16.5. The maximum absolute atomic E-state index is 13.0. The predicted molar refractivity (Wildman–Crippen MR) is 130 cm³/mol. The number of nitrogens with one attached hydrogen (secondary N) is 1. The second-order valence-corrected chi connectivity index (χ2v) is 9.38. The average molecular weight is 477 g/mol. The summed E-state index contributed by atoms with van der Waals surface area (Å²) < 4.78 is 7.12. The number of anilines is 1. The number of carbonyl (C=O) groups is 2. The van der Waals surface area contributed by atoms with Gasteiger partial charge in [-0.05, 0) is 55.0 Å². The smallest absolute Gasteiger partial charge is 0.321 e. The molecule has 1 atom stereocenters. The van der Waals surface area contributed by atoms with E-state index >= 15 is 0 Å². The van der Waals surface area contributed by atoms with Gasteiger partial charge in [0.1, 0.15) is 17.4 Å². The van der Waals surface area contributed by atoms with Crippen LogP contribution in [-0.4, -0.2) is 42.6 Å². The summed E-state index contributed by atoms with van der Waals surface area (Å²) in [6.07, 6.45) is 4.23.